The van der Waals surface area contributed by atoms with Gasteiger partial charge >= 0.3 is 0 Å². The highest BCUT2D eigenvalue weighted by molar-refractivity contribution is 6.32. The second-order valence-corrected chi connectivity index (χ2v) is 3.90. The van der Waals surface area contributed by atoms with Crippen molar-refractivity contribution in [1.82, 2.24) is 9.78 Å². The van der Waals surface area contributed by atoms with Crippen LogP contribution in [0.15, 0.2) is 11.0 Å². The average molecular weight is 260 g/mol. The van der Waals surface area contributed by atoms with Crippen LogP contribution in [0.3, 0.4) is 0 Å². The summed E-state index contributed by atoms with van der Waals surface area (Å²) in [6, 6.07) is 0. The Morgan fingerprint density at radius 3 is 2.94 bits per heavy atom. The van der Waals surface area contributed by atoms with E-state index in [1.807, 2.05) is 13.8 Å². The zero-order valence-corrected chi connectivity index (χ0v) is 11.0. The molecule has 17 heavy (non-hydrogen) atoms. The van der Waals surface area contributed by atoms with Crippen molar-refractivity contribution in [2.75, 3.05) is 25.1 Å². The molecular formula is C11H18ClN3O2. The first-order chi connectivity index (χ1) is 8.20. The Labute approximate surface area is 106 Å². The van der Waals surface area contributed by atoms with Gasteiger partial charge in [-0.3, -0.25) is 4.79 Å². The molecule has 0 atom stereocenters. The van der Waals surface area contributed by atoms with Crippen LogP contribution < -0.4 is 10.9 Å². The lowest BCUT2D eigenvalue weighted by Crippen LogP contribution is -2.24. The standard InChI is InChI=1S/C11H18ClN3O2/c1-3-6-15-11(16)10(12)9(8-14-15)13-5-7-17-4-2/h8,13H,3-7H2,1-2H3. The molecule has 0 amide bonds. The summed E-state index contributed by atoms with van der Waals surface area (Å²) in [5.74, 6) is 0. The molecule has 1 N–H and O–H groups in total. The fraction of sp³-hybridized carbons (Fsp3) is 0.636. The molecule has 5 nitrogen and oxygen atoms in total. The van der Waals surface area contributed by atoms with E-state index in [4.69, 9.17) is 16.3 Å². The average Bonchev–Trinajstić information content (AvgIpc) is 2.33. The number of rotatable bonds is 7. The van der Waals surface area contributed by atoms with Crippen LogP contribution in [0.2, 0.25) is 5.02 Å². The van der Waals surface area contributed by atoms with E-state index in [2.05, 4.69) is 10.4 Å². The molecule has 1 rings (SSSR count). The summed E-state index contributed by atoms with van der Waals surface area (Å²) in [6.07, 6.45) is 2.42. The van der Waals surface area contributed by atoms with Gasteiger partial charge in [-0.25, -0.2) is 4.68 Å². The first-order valence-corrected chi connectivity index (χ1v) is 6.15. The monoisotopic (exact) mass is 259 g/mol. The first kappa shape index (κ1) is 14.0. The van der Waals surface area contributed by atoms with Crippen LogP contribution in [0, 0.1) is 0 Å². The molecule has 1 aromatic rings. The highest BCUT2D eigenvalue weighted by Gasteiger charge is 2.07. The molecule has 0 bridgehead atoms. The molecule has 0 radical (unpaired) electrons. The molecule has 0 saturated heterocycles. The minimum Gasteiger partial charge on any atom is -0.380 e. The van der Waals surface area contributed by atoms with Crippen LogP contribution in [-0.4, -0.2) is 29.5 Å². The highest BCUT2D eigenvalue weighted by Crippen LogP contribution is 2.14. The van der Waals surface area contributed by atoms with E-state index in [-0.39, 0.29) is 10.6 Å². The lowest BCUT2D eigenvalue weighted by molar-refractivity contribution is 0.158. The van der Waals surface area contributed by atoms with Gasteiger partial charge in [-0.1, -0.05) is 18.5 Å². The number of nitrogens with one attached hydrogen (secondary N) is 1. The van der Waals surface area contributed by atoms with Gasteiger partial charge in [-0.15, -0.1) is 0 Å². The quantitative estimate of drug-likeness (QED) is 0.758. The van der Waals surface area contributed by atoms with Crippen LogP contribution in [0.5, 0.6) is 0 Å². The van der Waals surface area contributed by atoms with Crippen molar-refractivity contribution in [3.63, 3.8) is 0 Å². The summed E-state index contributed by atoms with van der Waals surface area (Å²) in [5.41, 5.74) is 0.304. The Balaban J connectivity index is 2.68. The van der Waals surface area contributed by atoms with Crippen molar-refractivity contribution in [2.45, 2.75) is 26.8 Å². The zero-order chi connectivity index (χ0) is 12.7. The van der Waals surface area contributed by atoms with Crippen molar-refractivity contribution in [2.24, 2.45) is 0 Å². The third kappa shape index (κ3) is 4.02. The van der Waals surface area contributed by atoms with Gasteiger partial charge < -0.3 is 10.1 Å². The van der Waals surface area contributed by atoms with Gasteiger partial charge in [0.1, 0.15) is 5.02 Å². The third-order valence-corrected chi connectivity index (χ3v) is 2.55. The largest absolute Gasteiger partial charge is 0.380 e. The predicted octanol–water partition coefficient (Wildman–Crippen LogP) is 1.76. The molecule has 0 spiro atoms. The molecular weight excluding hydrogens is 242 g/mol. The van der Waals surface area contributed by atoms with Crippen molar-refractivity contribution in [3.8, 4) is 0 Å². The van der Waals surface area contributed by atoms with E-state index in [1.165, 1.54) is 4.68 Å². The van der Waals surface area contributed by atoms with Crippen molar-refractivity contribution >= 4 is 17.3 Å². The maximum Gasteiger partial charge on any atom is 0.287 e. The molecule has 6 heteroatoms. The Morgan fingerprint density at radius 1 is 1.53 bits per heavy atom. The first-order valence-electron chi connectivity index (χ1n) is 5.77. The maximum atomic E-state index is 11.8. The van der Waals surface area contributed by atoms with E-state index in [0.717, 1.165) is 6.42 Å². The van der Waals surface area contributed by atoms with Crippen molar-refractivity contribution < 1.29 is 4.74 Å². The summed E-state index contributed by atoms with van der Waals surface area (Å²) in [5, 5.41) is 7.25. The predicted molar refractivity (Wildman–Crippen MR) is 68.8 cm³/mol. The van der Waals surface area contributed by atoms with Crippen LogP contribution in [-0.2, 0) is 11.3 Å². The fourth-order valence-corrected chi connectivity index (χ4v) is 1.57. The van der Waals surface area contributed by atoms with E-state index >= 15 is 0 Å². The third-order valence-electron chi connectivity index (χ3n) is 2.19. The Bertz CT molecular complexity index is 406. The summed E-state index contributed by atoms with van der Waals surface area (Å²) >= 11 is 5.97. The number of hydrogen-bond donors (Lipinski definition) is 1. The minimum absolute atomic E-state index is 0.185. The summed E-state index contributed by atoms with van der Waals surface area (Å²) in [7, 11) is 0. The molecule has 0 aliphatic heterocycles. The number of ether oxygens (including phenoxy) is 1. The molecule has 1 aromatic heterocycles. The second-order valence-electron chi connectivity index (χ2n) is 3.52. The van der Waals surface area contributed by atoms with Gasteiger partial charge in [0.25, 0.3) is 5.56 Å². The lowest BCUT2D eigenvalue weighted by atomic mass is 10.4. The lowest BCUT2D eigenvalue weighted by Gasteiger charge is -2.09. The molecule has 1 heterocycles. The molecule has 0 fully saturated rings. The number of hydrogen-bond acceptors (Lipinski definition) is 4. The fourth-order valence-electron chi connectivity index (χ4n) is 1.36. The van der Waals surface area contributed by atoms with Crippen LogP contribution >= 0.6 is 11.6 Å². The van der Waals surface area contributed by atoms with Gasteiger partial charge in [-0.2, -0.15) is 5.10 Å². The van der Waals surface area contributed by atoms with Crippen LogP contribution in [0.4, 0.5) is 5.69 Å². The SMILES string of the molecule is CCCn1ncc(NCCOCC)c(Cl)c1=O. The smallest absolute Gasteiger partial charge is 0.287 e. The van der Waals surface area contributed by atoms with E-state index in [1.54, 1.807) is 6.20 Å². The summed E-state index contributed by atoms with van der Waals surface area (Å²) in [6.45, 7) is 6.34. The highest BCUT2D eigenvalue weighted by atomic mass is 35.5. The topological polar surface area (TPSA) is 56.1 Å². The second kappa shape index (κ2) is 7.29. The summed E-state index contributed by atoms with van der Waals surface area (Å²) < 4.78 is 6.55. The maximum absolute atomic E-state index is 11.8. The molecule has 0 aliphatic carbocycles. The van der Waals surface area contributed by atoms with Crippen molar-refractivity contribution in [3.05, 3.63) is 21.6 Å². The molecule has 96 valence electrons. The number of aromatic nitrogens is 2. The van der Waals surface area contributed by atoms with Crippen molar-refractivity contribution in [1.29, 1.82) is 0 Å². The number of nitrogens with zero attached hydrogens (tertiary/aromatic N) is 2. The molecule has 0 aromatic carbocycles. The number of anilines is 1. The Morgan fingerprint density at radius 2 is 2.29 bits per heavy atom. The van der Waals surface area contributed by atoms with Gasteiger partial charge in [-0.05, 0) is 13.3 Å². The van der Waals surface area contributed by atoms with Crippen LogP contribution in [0.25, 0.3) is 0 Å². The van der Waals surface area contributed by atoms with Crippen LogP contribution in [0.1, 0.15) is 20.3 Å². The molecule has 0 unspecified atom stereocenters. The molecule has 0 aliphatic rings. The normalized spacial score (nSPS) is 10.5. The van der Waals surface area contributed by atoms with E-state index < -0.39 is 0 Å². The van der Waals surface area contributed by atoms with E-state index in [9.17, 15) is 4.79 Å². The number of aryl methyl sites for hydroxylation is 1. The molecule has 0 saturated carbocycles. The van der Waals surface area contributed by atoms with Gasteiger partial charge in [0, 0.05) is 19.7 Å². The van der Waals surface area contributed by atoms with Gasteiger partial charge in [0.05, 0.1) is 18.5 Å². The zero-order valence-electron chi connectivity index (χ0n) is 10.2. The summed E-state index contributed by atoms with van der Waals surface area (Å²) in [4.78, 5) is 11.8. The minimum atomic E-state index is -0.255. The Hall–Kier alpha value is -1.07. The number of halogens is 1. The van der Waals surface area contributed by atoms with E-state index in [0.29, 0.717) is 32.0 Å². The van der Waals surface area contributed by atoms with Gasteiger partial charge in [0.15, 0.2) is 0 Å². The Kier molecular flexibility index (Phi) is 6.00. The van der Waals surface area contributed by atoms with Gasteiger partial charge in [0.2, 0.25) is 0 Å².